The Bertz CT molecular complexity index is 702. The molecule has 0 fully saturated rings. The Morgan fingerprint density at radius 1 is 1.32 bits per heavy atom. The van der Waals surface area contributed by atoms with Gasteiger partial charge in [0.25, 0.3) is 0 Å². The van der Waals surface area contributed by atoms with E-state index in [-0.39, 0.29) is 12.7 Å². The molecule has 1 heterocycles. The molecule has 0 amide bonds. The van der Waals surface area contributed by atoms with E-state index < -0.39 is 12.3 Å². The molecule has 0 radical (unpaired) electrons. The van der Waals surface area contributed by atoms with Gasteiger partial charge in [0, 0.05) is 12.5 Å². The Hall–Kier alpha value is -2.41. The van der Waals surface area contributed by atoms with Crippen molar-refractivity contribution >= 4 is 6.16 Å². The maximum Gasteiger partial charge on any atom is 0.506 e. The van der Waals surface area contributed by atoms with Crippen LogP contribution in [-0.4, -0.2) is 56.3 Å². The second kappa shape index (κ2) is 10.2. The van der Waals surface area contributed by atoms with Gasteiger partial charge in [0.05, 0.1) is 7.11 Å². The van der Waals surface area contributed by atoms with E-state index in [1.807, 2.05) is 19.1 Å². The molecule has 28 heavy (non-hydrogen) atoms. The van der Waals surface area contributed by atoms with E-state index in [1.165, 1.54) is 7.11 Å². The highest BCUT2D eigenvalue weighted by Crippen LogP contribution is 2.39. The molecule has 7 nitrogen and oxygen atoms in total. The third-order valence-corrected chi connectivity index (χ3v) is 4.98. The van der Waals surface area contributed by atoms with Crippen LogP contribution in [0.4, 0.5) is 4.79 Å². The quantitative estimate of drug-likeness (QED) is 0.475. The molecule has 156 valence electrons. The smallest absolute Gasteiger partial charge is 0.497 e. The molecule has 0 saturated heterocycles. The van der Waals surface area contributed by atoms with Crippen LogP contribution in [0.2, 0.25) is 0 Å². The number of likely N-dealkylation sites (N-methyl/N-ethyl adjacent to an activating group) is 1. The topological polar surface area (TPSA) is 77.5 Å². The molecule has 0 saturated carbocycles. The van der Waals surface area contributed by atoms with Gasteiger partial charge in [-0.3, -0.25) is 0 Å². The first-order chi connectivity index (χ1) is 13.4. The van der Waals surface area contributed by atoms with Gasteiger partial charge in [-0.25, -0.2) is 4.79 Å². The maximum absolute atomic E-state index is 11.3. The number of rotatable bonds is 10. The number of carbonyl (C=O) groups is 1. The van der Waals surface area contributed by atoms with Gasteiger partial charge in [-0.15, -0.1) is 0 Å². The first-order valence-corrected chi connectivity index (χ1v) is 9.61. The van der Waals surface area contributed by atoms with Crippen molar-refractivity contribution in [3.63, 3.8) is 0 Å². The van der Waals surface area contributed by atoms with Crippen LogP contribution in [-0.2, 0) is 15.9 Å². The highest BCUT2D eigenvalue weighted by Gasteiger charge is 2.31. The lowest BCUT2D eigenvalue weighted by molar-refractivity contribution is 0.0330. The van der Waals surface area contributed by atoms with Crippen LogP contribution < -0.4 is 9.47 Å². The van der Waals surface area contributed by atoms with Gasteiger partial charge in [-0.2, -0.15) is 0 Å². The maximum atomic E-state index is 11.3. The number of hydrogen-bond acceptors (Lipinski definition) is 6. The lowest BCUT2D eigenvalue weighted by Gasteiger charge is -2.27. The molecule has 2 rings (SSSR count). The predicted octanol–water partition coefficient (Wildman–Crippen LogP) is 4.02. The zero-order valence-corrected chi connectivity index (χ0v) is 17.4. The number of hydrogen-bond donors (Lipinski definition) is 1. The van der Waals surface area contributed by atoms with Crippen molar-refractivity contribution in [1.82, 2.24) is 4.90 Å². The van der Waals surface area contributed by atoms with E-state index in [4.69, 9.17) is 18.9 Å². The van der Waals surface area contributed by atoms with Crippen molar-refractivity contribution in [2.75, 3.05) is 34.0 Å². The Morgan fingerprint density at radius 3 is 2.57 bits per heavy atom. The number of benzene rings is 1. The van der Waals surface area contributed by atoms with Crippen molar-refractivity contribution in [2.45, 2.75) is 45.6 Å². The first-order valence-electron chi connectivity index (χ1n) is 9.61. The summed E-state index contributed by atoms with van der Waals surface area (Å²) in [5.41, 5.74) is 2.06. The summed E-state index contributed by atoms with van der Waals surface area (Å²) in [5.74, 6) is 1.60. The van der Waals surface area contributed by atoms with Crippen LogP contribution in [0.25, 0.3) is 0 Å². The molecular formula is C21H31NO6. The minimum absolute atomic E-state index is 0.190. The predicted molar refractivity (Wildman–Crippen MR) is 106 cm³/mol. The zero-order valence-electron chi connectivity index (χ0n) is 17.4. The van der Waals surface area contributed by atoms with E-state index in [2.05, 4.69) is 18.9 Å². The van der Waals surface area contributed by atoms with Crippen LogP contribution in [0, 0.1) is 0 Å². The van der Waals surface area contributed by atoms with Gasteiger partial charge in [0.15, 0.2) is 17.6 Å². The molecule has 1 aromatic carbocycles. The highest BCUT2D eigenvalue weighted by molar-refractivity contribution is 5.58. The summed E-state index contributed by atoms with van der Waals surface area (Å²) in [6.45, 7) is 7.99. The fraction of sp³-hybridized carbons (Fsp3) is 0.571. The van der Waals surface area contributed by atoms with Gasteiger partial charge in [0.2, 0.25) is 6.79 Å². The van der Waals surface area contributed by atoms with Crippen LogP contribution in [0.5, 0.6) is 11.5 Å². The molecule has 2 atom stereocenters. The Kier molecular flexibility index (Phi) is 7.99. The summed E-state index contributed by atoms with van der Waals surface area (Å²) in [4.78, 5) is 13.6. The molecular weight excluding hydrogens is 362 g/mol. The summed E-state index contributed by atoms with van der Waals surface area (Å²) in [6.07, 6.45) is 1.54. The highest BCUT2D eigenvalue weighted by atomic mass is 16.7. The zero-order chi connectivity index (χ0) is 20.7. The van der Waals surface area contributed by atoms with Crippen molar-refractivity contribution in [2.24, 2.45) is 0 Å². The lowest BCUT2D eigenvalue weighted by Crippen LogP contribution is -2.28. The Morgan fingerprint density at radius 2 is 2.00 bits per heavy atom. The number of carboxylic acid groups (broad SMARTS) is 1. The van der Waals surface area contributed by atoms with E-state index in [0.29, 0.717) is 11.5 Å². The molecule has 0 bridgehead atoms. The molecule has 1 aliphatic rings. The van der Waals surface area contributed by atoms with Crippen LogP contribution in [0.3, 0.4) is 0 Å². The van der Waals surface area contributed by atoms with Crippen LogP contribution >= 0.6 is 0 Å². The molecule has 1 aliphatic heterocycles. The first kappa shape index (κ1) is 21.9. The third kappa shape index (κ3) is 5.32. The molecule has 7 heteroatoms. The lowest BCUT2D eigenvalue weighted by atomic mass is 9.88. The third-order valence-electron chi connectivity index (χ3n) is 4.98. The average molecular weight is 393 g/mol. The number of methoxy groups -OCH3 is 1. The summed E-state index contributed by atoms with van der Waals surface area (Å²) in [7, 11) is 3.61. The van der Waals surface area contributed by atoms with Gasteiger partial charge < -0.3 is 29.0 Å². The summed E-state index contributed by atoms with van der Waals surface area (Å²) < 4.78 is 21.7. The number of ether oxygens (including phenoxy) is 4. The minimum atomic E-state index is -1.33. The van der Waals surface area contributed by atoms with Crippen molar-refractivity contribution in [1.29, 1.82) is 0 Å². The normalized spacial score (nSPS) is 15.4. The molecule has 0 spiro atoms. The summed E-state index contributed by atoms with van der Waals surface area (Å²) in [6, 6.07) is 3.93. The Balaban J connectivity index is 2.38. The fourth-order valence-corrected chi connectivity index (χ4v) is 3.52. The van der Waals surface area contributed by atoms with Gasteiger partial charge >= 0.3 is 6.16 Å². The molecule has 1 aromatic rings. The SMILES string of the molecule is C/C=C(/OC)C(OC(=O)O)C(C)c1cc2c(cc1CCN(C)CCC)OCO2. The molecule has 0 aliphatic carbocycles. The van der Waals surface area contributed by atoms with Gasteiger partial charge in [-0.05, 0) is 62.7 Å². The summed E-state index contributed by atoms with van der Waals surface area (Å²) in [5, 5.41) is 9.22. The van der Waals surface area contributed by atoms with Crippen molar-refractivity contribution in [3.8, 4) is 11.5 Å². The number of allylic oxidation sites excluding steroid dienone is 1. The largest absolute Gasteiger partial charge is 0.506 e. The molecule has 1 N–H and O–H groups in total. The van der Waals surface area contributed by atoms with E-state index >= 15 is 0 Å². The van der Waals surface area contributed by atoms with Crippen LogP contribution in [0.1, 0.15) is 44.2 Å². The molecule has 2 unspecified atom stereocenters. The number of fused-ring (bicyclic) bond motifs is 1. The van der Waals surface area contributed by atoms with E-state index in [9.17, 15) is 9.90 Å². The fourth-order valence-electron chi connectivity index (χ4n) is 3.52. The average Bonchev–Trinajstić information content (AvgIpc) is 3.12. The second-order valence-electron chi connectivity index (χ2n) is 6.95. The van der Waals surface area contributed by atoms with Gasteiger partial charge in [0.1, 0.15) is 5.76 Å². The standard InChI is InChI=1S/C21H31NO6/c1-6-9-22(4)10-8-15-11-18-19(27-13-26-18)12-16(15)14(3)20(28-21(23)24)17(7-2)25-5/h7,11-12,14,20H,6,8-10,13H2,1-5H3,(H,23,24)/b17-7+. The number of nitrogens with zero attached hydrogens (tertiary/aromatic N) is 1. The summed E-state index contributed by atoms with van der Waals surface area (Å²) >= 11 is 0. The van der Waals surface area contributed by atoms with E-state index in [1.54, 1.807) is 13.0 Å². The van der Waals surface area contributed by atoms with Gasteiger partial charge in [-0.1, -0.05) is 13.8 Å². The van der Waals surface area contributed by atoms with Crippen molar-refractivity contribution < 1.29 is 28.8 Å². The van der Waals surface area contributed by atoms with Crippen molar-refractivity contribution in [3.05, 3.63) is 35.1 Å². The minimum Gasteiger partial charge on any atom is -0.497 e. The second-order valence-corrected chi connectivity index (χ2v) is 6.95. The Labute approximate surface area is 166 Å². The van der Waals surface area contributed by atoms with Crippen LogP contribution in [0.15, 0.2) is 24.0 Å². The monoisotopic (exact) mass is 393 g/mol. The molecule has 0 aromatic heterocycles. The van der Waals surface area contributed by atoms with E-state index in [0.717, 1.165) is 42.8 Å².